The fraction of sp³-hybridized carbons (Fsp3) is 0.778. The maximum Gasteiger partial charge on any atom is 0.114 e. The standard InChI is InChI=1S/C9H17NO/c1-3-5-9(11)7-6-8(10)4-2/h8-9,11H,3-5,10H2,1-2H3. The van der Waals surface area contributed by atoms with Crippen LogP contribution in [0.3, 0.4) is 0 Å². The maximum atomic E-state index is 9.16. The SMILES string of the molecule is CCCC(O)C#CC(N)CC. The molecule has 0 rings (SSSR count). The molecule has 64 valence electrons. The van der Waals surface area contributed by atoms with Crippen molar-refractivity contribution in [3.05, 3.63) is 0 Å². The van der Waals surface area contributed by atoms with Gasteiger partial charge in [0.25, 0.3) is 0 Å². The molecule has 0 heterocycles. The van der Waals surface area contributed by atoms with E-state index in [1.807, 2.05) is 13.8 Å². The van der Waals surface area contributed by atoms with Crippen LogP contribution in [-0.4, -0.2) is 17.3 Å². The van der Waals surface area contributed by atoms with Gasteiger partial charge in [0.1, 0.15) is 6.10 Å². The van der Waals surface area contributed by atoms with Crippen LogP contribution in [0.2, 0.25) is 0 Å². The summed E-state index contributed by atoms with van der Waals surface area (Å²) in [5.41, 5.74) is 5.53. The molecule has 0 aliphatic heterocycles. The van der Waals surface area contributed by atoms with Gasteiger partial charge < -0.3 is 10.8 Å². The summed E-state index contributed by atoms with van der Waals surface area (Å²) >= 11 is 0. The lowest BCUT2D eigenvalue weighted by atomic mass is 10.2. The van der Waals surface area contributed by atoms with Crippen molar-refractivity contribution in [2.75, 3.05) is 0 Å². The number of aliphatic hydroxyl groups excluding tert-OH is 1. The van der Waals surface area contributed by atoms with Crippen LogP contribution in [-0.2, 0) is 0 Å². The Morgan fingerprint density at radius 2 is 2.00 bits per heavy atom. The first-order chi connectivity index (χ1) is 5.20. The van der Waals surface area contributed by atoms with Crippen LogP contribution in [0.4, 0.5) is 0 Å². The van der Waals surface area contributed by atoms with Crippen molar-refractivity contribution in [1.82, 2.24) is 0 Å². The van der Waals surface area contributed by atoms with Crippen LogP contribution in [0.1, 0.15) is 33.1 Å². The Morgan fingerprint density at radius 1 is 1.36 bits per heavy atom. The summed E-state index contributed by atoms with van der Waals surface area (Å²) in [5.74, 6) is 5.51. The van der Waals surface area contributed by atoms with Gasteiger partial charge in [0.15, 0.2) is 0 Å². The van der Waals surface area contributed by atoms with E-state index < -0.39 is 6.10 Å². The molecule has 3 N–H and O–H groups in total. The number of nitrogens with two attached hydrogens (primary N) is 1. The van der Waals surface area contributed by atoms with Crippen molar-refractivity contribution < 1.29 is 5.11 Å². The minimum absolute atomic E-state index is 0.0819. The third kappa shape index (κ3) is 5.90. The second kappa shape index (κ2) is 6.21. The topological polar surface area (TPSA) is 46.2 Å². The van der Waals surface area contributed by atoms with Crippen LogP contribution in [0.5, 0.6) is 0 Å². The predicted molar refractivity (Wildman–Crippen MR) is 47.0 cm³/mol. The van der Waals surface area contributed by atoms with Crippen molar-refractivity contribution in [2.24, 2.45) is 5.73 Å². The summed E-state index contributed by atoms with van der Waals surface area (Å²) in [7, 11) is 0. The Kier molecular flexibility index (Phi) is 5.91. The lowest BCUT2D eigenvalue weighted by Gasteiger charge is -2.00. The van der Waals surface area contributed by atoms with E-state index in [4.69, 9.17) is 10.8 Å². The summed E-state index contributed by atoms with van der Waals surface area (Å²) in [6.45, 7) is 4.00. The van der Waals surface area contributed by atoms with Crippen molar-refractivity contribution in [1.29, 1.82) is 0 Å². The summed E-state index contributed by atoms with van der Waals surface area (Å²) in [6, 6.07) is -0.0819. The second-order valence-corrected chi connectivity index (χ2v) is 2.61. The number of aliphatic hydroxyl groups is 1. The Morgan fingerprint density at radius 3 is 2.45 bits per heavy atom. The van der Waals surface area contributed by atoms with Gasteiger partial charge in [-0.15, -0.1) is 0 Å². The molecule has 0 aliphatic rings. The molecule has 2 heteroatoms. The number of hydrogen-bond acceptors (Lipinski definition) is 2. The second-order valence-electron chi connectivity index (χ2n) is 2.61. The van der Waals surface area contributed by atoms with Gasteiger partial charge in [-0.2, -0.15) is 0 Å². The van der Waals surface area contributed by atoms with Crippen LogP contribution in [0.15, 0.2) is 0 Å². The largest absolute Gasteiger partial charge is 0.380 e. The highest BCUT2D eigenvalue weighted by atomic mass is 16.3. The van der Waals surface area contributed by atoms with Gasteiger partial charge in [-0.05, 0) is 12.8 Å². The van der Waals surface area contributed by atoms with E-state index in [-0.39, 0.29) is 6.04 Å². The molecule has 0 spiro atoms. The van der Waals surface area contributed by atoms with Crippen molar-refractivity contribution in [3.8, 4) is 11.8 Å². The van der Waals surface area contributed by atoms with Crippen LogP contribution in [0, 0.1) is 11.8 Å². The molecule has 0 amide bonds. The highest BCUT2D eigenvalue weighted by molar-refractivity contribution is 5.09. The molecule has 0 aromatic heterocycles. The van der Waals surface area contributed by atoms with Crippen LogP contribution in [0.25, 0.3) is 0 Å². The molecule has 11 heavy (non-hydrogen) atoms. The van der Waals surface area contributed by atoms with Crippen molar-refractivity contribution in [3.63, 3.8) is 0 Å². The maximum absolute atomic E-state index is 9.16. The zero-order valence-corrected chi connectivity index (χ0v) is 7.30. The Balaban J connectivity index is 3.66. The minimum Gasteiger partial charge on any atom is -0.380 e. The molecule has 0 aliphatic carbocycles. The molecule has 2 unspecified atom stereocenters. The van der Waals surface area contributed by atoms with E-state index >= 15 is 0 Å². The van der Waals surface area contributed by atoms with Gasteiger partial charge in [-0.1, -0.05) is 32.1 Å². The third-order valence-corrected chi connectivity index (χ3v) is 1.44. The lowest BCUT2D eigenvalue weighted by molar-refractivity contribution is 0.221. The fourth-order valence-corrected chi connectivity index (χ4v) is 0.651. The van der Waals surface area contributed by atoms with Gasteiger partial charge >= 0.3 is 0 Å². The Bertz CT molecular complexity index is 145. The first-order valence-corrected chi connectivity index (χ1v) is 4.15. The molecule has 0 aromatic carbocycles. The highest BCUT2D eigenvalue weighted by Crippen LogP contribution is 1.93. The molecular formula is C9H17NO. The van der Waals surface area contributed by atoms with E-state index in [0.717, 1.165) is 19.3 Å². The molecule has 0 aromatic rings. The normalized spacial score (nSPS) is 14.9. The molecule has 0 radical (unpaired) electrons. The Labute approximate surface area is 68.8 Å². The number of rotatable bonds is 3. The van der Waals surface area contributed by atoms with Crippen molar-refractivity contribution >= 4 is 0 Å². The summed E-state index contributed by atoms with van der Waals surface area (Å²) < 4.78 is 0. The zero-order chi connectivity index (χ0) is 8.69. The molecule has 0 saturated carbocycles. The fourth-order valence-electron chi connectivity index (χ4n) is 0.651. The minimum atomic E-state index is -0.488. The van der Waals surface area contributed by atoms with E-state index in [0.29, 0.717) is 0 Å². The average Bonchev–Trinajstić information content (AvgIpc) is 2.01. The predicted octanol–water partition coefficient (Wildman–Crippen LogP) is 0.888. The molecular weight excluding hydrogens is 138 g/mol. The molecule has 0 fully saturated rings. The van der Waals surface area contributed by atoms with Gasteiger partial charge in [0.05, 0.1) is 6.04 Å². The molecule has 2 nitrogen and oxygen atoms in total. The zero-order valence-electron chi connectivity index (χ0n) is 7.30. The van der Waals surface area contributed by atoms with Crippen molar-refractivity contribution in [2.45, 2.75) is 45.3 Å². The van der Waals surface area contributed by atoms with E-state index in [9.17, 15) is 0 Å². The molecule has 0 bridgehead atoms. The van der Waals surface area contributed by atoms with Crippen LogP contribution >= 0.6 is 0 Å². The summed E-state index contributed by atoms with van der Waals surface area (Å²) in [4.78, 5) is 0. The summed E-state index contributed by atoms with van der Waals surface area (Å²) in [6.07, 6.45) is 2.05. The Hall–Kier alpha value is -0.520. The van der Waals surface area contributed by atoms with Gasteiger partial charge in [-0.3, -0.25) is 0 Å². The quantitative estimate of drug-likeness (QED) is 0.594. The number of hydrogen-bond donors (Lipinski definition) is 2. The lowest BCUT2D eigenvalue weighted by Crippen LogP contribution is -2.16. The summed E-state index contributed by atoms with van der Waals surface area (Å²) in [5, 5.41) is 9.16. The smallest absolute Gasteiger partial charge is 0.114 e. The molecule has 2 atom stereocenters. The van der Waals surface area contributed by atoms with Gasteiger partial charge in [0.2, 0.25) is 0 Å². The average molecular weight is 155 g/mol. The highest BCUT2D eigenvalue weighted by Gasteiger charge is 1.96. The van der Waals surface area contributed by atoms with E-state index in [2.05, 4.69) is 11.8 Å². The third-order valence-electron chi connectivity index (χ3n) is 1.44. The first kappa shape index (κ1) is 10.5. The first-order valence-electron chi connectivity index (χ1n) is 4.15. The van der Waals surface area contributed by atoms with Gasteiger partial charge in [0, 0.05) is 0 Å². The van der Waals surface area contributed by atoms with E-state index in [1.54, 1.807) is 0 Å². The van der Waals surface area contributed by atoms with E-state index in [1.165, 1.54) is 0 Å². The van der Waals surface area contributed by atoms with Gasteiger partial charge in [-0.25, -0.2) is 0 Å². The van der Waals surface area contributed by atoms with Crippen LogP contribution < -0.4 is 5.73 Å². The molecule has 0 saturated heterocycles. The monoisotopic (exact) mass is 155 g/mol.